The van der Waals surface area contributed by atoms with Crippen molar-refractivity contribution in [2.45, 2.75) is 32.7 Å². The first-order chi connectivity index (χ1) is 16.0. The van der Waals surface area contributed by atoms with Crippen LogP contribution in [0.15, 0.2) is 77.6 Å². The molecule has 0 aliphatic heterocycles. The van der Waals surface area contributed by atoms with Crippen LogP contribution in [0.4, 0.5) is 4.39 Å². The minimum atomic E-state index is -0.339. The van der Waals surface area contributed by atoms with Crippen LogP contribution in [0.5, 0.6) is 0 Å². The summed E-state index contributed by atoms with van der Waals surface area (Å²) < 4.78 is 14.6. The topological polar surface area (TPSA) is 51.1 Å². The van der Waals surface area contributed by atoms with E-state index in [0.717, 1.165) is 5.56 Å². The number of halogens is 2. The van der Waals surface area contributed by atoms with Gasteiger partial charge < -0.3 is 5.32 Å². The van der Waals surface area contributed by atoms with E-state index in [0.29, 0.717) is 27.7 Å². The maximum absolute atomic E-state index is 13.3. The monoisotopic (exact) mass is 462 g/mol. The molecule has 1 saturated carbocycles. The quantitative estimate of drug-likeness (QED) is 0.393. The van der Waals surface area contributed by atoms with Gasteiger partial charge in [-0.05, 0) is 42.8 Å². The lowest BCUT2D eigenvalue weighted by Crippen LogP contribution is -2.29. The number of benzene rings is 3. The van der Waals surface area contributed by atoms with Gasteiger partial charge in [-0.2, -0.15) is 0 Å². The second-order valence-corrected chi connectivity index (χ2v) is 8.38. The largest absolute Gasteiger partial charge is 0.348 e. The number of carbonyl (C=O) groups excluding carboxylic acids is 1. The predicted molar refractivity (Wildman–Crippen MR) is 131 cm³/mol. The standard InChI is InChI=1S/C24H18ClFN2O2.C3H6/c1-15-21(23(29)27-14-16-10-12-17(26)13-11-16)19-8-5-9-20(25)22(19)24(30)28(15)18-6-3-2-4-7-18;1-2-3-1/h2-13H,14H2,1H3,(H,27,29);1-3H2. The summed E-state index contributed by atoms with van der Waals surface area (Å²) in [6.45, 7) is 1.96. The average Bonchev–Trinajstić information content (AvgIpc) is 3.69. The zero-order chi connectivity index (χ0) is 23.4. The number of pyridine rings is 1. The molecule has 4 nitrogen and oxygen atoms in total. The van der Waals surface area contributed by atoms with Gasteiger partial charge in [-0.3, -0.25) is 14.2 Å². The van der Waals surface area contributed by atoms with Crippen LogP contribution in [0.3, 0.4) is 0 Å². The van der Waals surface area contributed by atoms with Crippen LogP contribution in [0.25, 0.3) is 16.5 Å². The fourth-order valence-corrected chi connectivity index (χ4v) is 3.82. The molecule has 1 aliphatic carbocycles. The Bertz CT molecular complexity index is 1340. The fraction of sp³-hybridized carbons (Fsp3) is 0.185. The Kier molecular flexibility index (Phi) is 6.90. The van der Waals surface area contributed by atoms with Gasteiger partial charge in [0.25, 0.3) is 11.5 Å². The average molecular weight is 463 g/mol. The minimum absolute atomic E-state index is 0.227. The number of rotatable bonds is 4. The Labute approximate surface area is 196 Å². The summed E-state index contributed by atoms with van der Waals surface area (Å²) in [6.07, 6.45) is 4.50. The zero-order valence-electron chi connectivity index (χ0n) is 18.3. The molecule has 1 amide bonds. The van der Waals surface area contributed by atoms with Crippen molar-refractivity contribution in [1.82, 2.24) is 9.88 Å². The molecule has 1 N–H and O–H groups in total. The summed E-state index contributed by atoms with van der Waals surface area (Å²) in [5, 5.41) is 3.94. The second kappa shape index (κ2) is 10.0. The molecule has 168 valence electrons. The van der Waals surface area contributed by atoms with Crippen molar-refractivity contribution in [2.24, 2.45) is 0 Å². The summed E-state index contributed by atoms with van der Waals surface area (Å²) in [5.41, 5.74) is 2.01. The lowest BCUT2D eigenvalue weighted by molar-refractivity contribution is 0.0951. The number of para-hydroxylation sites is 1. The van der Waals surface area contributed by atoms with E-state index >= 15 is 0 Å². The van der Waals surface area contributed by atoms with Gasteiger partial charge in [-0.25, -0.2) is 4.39 Å². The Hall–Kier alpha value is -3.44. The van der Waals surface area contributed by atoms with Gasteiger partial charge in [-0.1, -0.05) is 73.3 Å². The third-order valence-corrected chi connectivity index (χ3v) is 5.67. The first-order valence-electron chi connectivity index (χ1n) is 10.9. The van der Waals surface area contributed by atoms with Gasteiger partial charge in [0.05, 0.1) is 16.0 Å². The summed E-state index contributed by atoms with van der Waals surface area (Å²) >= 11 is 6.36. The van der Waals surface area contributed by atoms with Crippen molar-refractivity contribution in [3.63, 3.8) is 0 Å². The molecule has 0 saturated heterocycles. The molecule has 0 bridgehead atoms. The lowest BCUT2D eigenvalue weighted by Gasteiger charge is -2.18. The Morgan fingerprint density at radius 2 is 1.64 bits per heavy atom. The van der Waals surface area contributed by atoms with Crippen molar-refractivity contribution in [3.05, 3.63) is 111 Å². The molecule has 1 aliphatic rings. The van der Waals surface area contributed by atoms with Crippen molar-refractivity contribution in [3.8, 4) is 5.69 Å². The molecule has 0 unspecified atom stereocenters. The van der Waals surface area contributed by atoms with Gasteiger partial charge in [-0.15, -0.1) is 0 Å². The Morgan fingerprint density at radius 3 is 2.27 bits per heavy atom. The van der Waals surface area contributed by atoms with E-state index in [9.17, 15) is 14.0 Å². The highest BCUT2D eigenvalue weighted by Gasteiger charge is 2.21. The summed E-state index contributed by atoms with van der Waals surface area (Å²) in [4.78, 5) is 26.5. The molecule has 1 fully saturated rings. The van der Waals surface area contributed by atoms with Crippen molar-refractivity contribution in [2.75, 3.05) is 0 Å². The van der Waals surface area contributed by atoms with Crippen LogP contribution in [0.1, 0.15) is 40.9 Å². The number of hydrogen-bond donors (Lipinski definition) is 1. The minimum Gasteiger partial charge on any atom is -0.348 e. The molecule has 0 spiro atoms. The molecule has 3 aromatic carbocycles. The Morgan fingerprint density at radius 1 is 0.970 bits per heavy atom. The summed E-state index contributed by atoms with van der Waals surface area (Å²) in [6, 6.07) is 20.1. The molecule has 0 radical (unpaired) electrons. The van der Waals surface area contributed by atoms with Gasteiger partial charge >= 0.3 is 0 Å². The molecule has 1 heterocycles. The SMILES string of the molecule is C1CC1.Cc1c(C(=O)NCc2ccc(F)cc2)c2cccc(Cl)c2c(=O)n1-c1ccccc1. The normalized spacial score (nSPS) is 12.1. The summed E-state index contributed by atoms with van der Waals surface area (Å²) in [7, 11) is 0. The van der Waals surface area contributed by atoms with Crippen LogP contribution < -0.4 is 10.9 Å². The van der Waals surface area contributed by atoms with Crippen molar-refractivity contribution < 1.29 is 9.18 Å². The number of nitrogens with one attached hydrogen (secondary N) is 1. The molecule has 6 heteroatoms. The van der Waals surface area contributed by atoms with Crippen LogP contribution in [0, 0.1) is 12.7 Å². The fourth-order valence-electron chi connectivity index (χ4n) is 3.57. The van der Waals surface area contributed by atoms with E-state index in [1.165, 1.54) is 36.0 Å². The van der Waals surface area contributed by atoms with E-state index in [1.54, 1.807) is 49.4 Å². The van der Waals surface area contributed by atoms with Gasteiger partial charge in [0, 0.05) is 23.3 Å². The van der Waals surface area contributed by atoms with E-state index in [2.05, 4.69) is 5.32 Å². The third kappa shape index (κ3) is 5.15. The van der Waals surface area contributed by atoms with Gasteiger partial charge in [0.15, 0.2) is 0 Å². The number of fused-ring (bicyclic) bond motifs is 1. The number of amides is 1. The highest BCUT2D eigenvalue weighted by atomic mass is 35.5. The molecule has 1 aromatic heterocycles. The van der Waals surface area contributed by atoms with Crippen molar-refractivity contribution >= 4 is 28.3 Å². The maximum Gasteiger partial charge on any atom is 0.264 e. The van der Waals surface area contributed by atoms with Crippen LogP contribution in [-0.2, 0) is 6.54 Å². The number of aromatic nitrogens is 1. The molecule has 4 aromatic rings. The van der Waals surface area contributed by atoms with E-state index in [4.69, 9.17) is 11.6 Å². The van der Waals surface area contributed by atoms with Crippen LogP contribution in [-0.4, -0.2) is 10.5 Å². The Balaban J connectivity index is 0.000000799. The second-order valence-electron chi connectivity index (χ2n) is 7.97. The molecule has 5 rings (SSSR count). The van der Waals surface area contributed by atoms with Crippen LogP contribution in [0.2, 0.25) is 5.02 Å². The predicted octanol–water partition coefficient (Wildman–Crippen LogP) is 6.19. The third-order valence-electron chi connectivity index (χ3n) is 5.36. The first kappa shape index (κ1) is 22.7. The van der Waals surface area contributed by atoms with Crippen LogP contribution >= 0.6 is 11.6 Å². The van der Waals surface area contributed by atoms with Gasteiger partial charge in [0.1, 0.15) is 5.82 Å². The smallest absolute Gasteiger partial charge is 0.264 e. The lowest BCUT2D eigenvalue weighted by atomic mass is 10.0. The first-order valence-corrected chi connectivity index (χ1v) is 11.3. The highest BCUT2D eigenvalue weighted by Crippen LogP contribution is 2.27. The maximum atomic E-state index is 13.3. The number of nitrogens with zero attached hydrogens (tertiary/aromatic N) is 1. The van der Waals surface area contributed by atoms with Gasteiger partial charge in [0.2, 0.25) is 0 Å². The van der Waals surface area contributed by atoms with E-state index < -0.39 is 0 Å². The number of carbonyl (C=O) groups is 1. The molecule has 33 heavy (non-hydrogen) atoms. The zero-order valence-corrected chi connectivity index (χ0v) is 19.0. The van der Waals surface area contributed by atoms with Crippen molar-refractivity contribution in [1.29, 1.82) is 0 Å². The summed E-state index contributed by atoms with van der Waals surface area (Å²) in [5.74, 6) is -0.676. The van der Waals surface area contributed by atoms with E-state index in [1.807, 2.05) is 18.2 Å². The van der Waals surface area contributed by atoms with E-state index in [-0.39, 0.29) is 28.9 Å². The highest BCUT2D eigenvalue weighted by molar-refractivity contribution is 6.36. The molecular formula is C27H24ClFN2O2. The molecule has 0 atom stereocenters. The number of hydrogen-bond acceptors (Lipinski definition) is 2. The molecular weight excluding hydrogens is 439 g/mol.